The summed E-state index contributed by atoms with van der Waals surface area (Å²) in [6.07, 6.45) is 0. The molecule has 0 amide bonds. The molecule has 10 nitrogen and oxygen atoms in total. The lowest BCUT2D eigenvalue weighted by Crippen LogP contribution is -2.38. The number of rotatable bonds is 18. The van der Waals surface area contributed by atoms with Gasteiger partial charge in [-0.2, -0.15) is 5.48 Å². The summed E-state index contributed by atoms with van der Waals surface area (Å²) in [6.45, 7) is 23.8. The van der Waals surface area contributed by atoms with Crippen LogP contribution in [-0.2, 0) is 30.5 Å². The van der Waals surface area contributed by atoms with Crippen molar-refractivity contribution in [3.05, 3.63) is 143 Å². The summed E-state index contributed by atoms with van der Waals surface area (Å²) < 4.78 is 0. The van der Waals surface area contributed by atoms with Crippen LogP contribution in [0.1, 0.15) is 125 Å². The van der Waals surface area contributed by atoms with E-state index in [-0.39, 0.29) is 60.1 Å². The van der Waals surface area contributed by atoms with Gasteiger partial charge in [0.05, 0.1) is 29.9 Å². The van der Waals surface area contributed by atoms with Crippen LogP contribution in [0.2, 0.25) is 0 Å². The standard InChI is InChI=1S/C43H50N4O5.CH2O.4CH4/c1-28(2)30-13-9-15-32(25-30)42(5,6)46-27-52-51-24-22-45-37-20-12-18-35-39(37)41(49)34-17-11-19-36(38(34)40(35)48)44-21-23-50-47-43(7,8)33-16-10-14-31(26-33)29(3)4;1-2;;;;/h9-20,25-26,44-47H,1,3,21-24,27H2,2,4-8H3;1H2;4*1H4. The highest BCUT2D eigenvalue weighted by Crippen LogP contribution is 2.35. The predicted octanol–water partition coefficient (Wildman–Crippen LogP) is 10.6. The van der Waals surface area contributed by atoms with Gasteiger partial charge in [-0.3, -0.25) is 19.7 Å². The van der Waals surface area contributed by atoms with Gasteiger partial charge in [0, 0.05) is 41.1 Å². The molecular formula is C48H68N4O6. The normalized spacial score (nSPS) is 11.4. The van der Waals surface area contributed by atoms with Crippen molar-refractivity contribution in [2.24, 2.45) is 0 Å². The van der Waals surface area contributed by atoms with Gasteiger partial charge in [-0.05, 0) is 88.1 Å². The molecule has 0 unspecified atom stereocenters. The molecule has 5 rings (SSSR count). The van der Waals surface area contributed by atoms with E-state index in [9.17, 15) is 9.59 Å². The molecule has 0 atom stereocenters. The number of carbonyl (C=O) groups excluding carboxylic acids is 3. The molecule has 0 aromatic heterocycles. The van der Waals surface area contributed by atoms with Crippen LogP contribution < -0.4 is 21.4 Å². The smallest absolute Gasteiger partial charge is 0.196 e. The summed E-state index contributed by atoms with van der Waals surface area (Å²) in [5, 5.41) is 9.90. The van der Waals surface area contributed by atoms with Gasteiger partial charge in [0.1, 0.15) is 13.5 Å². The minimum absolute atomic E-state index is 0. The summed E-state index contributed by atoms with van der Waals surface area (Å²) in [5.74, 6) is -0.427. The fraction of sp³-hybridized carbons (Fsp3) is 0.354. The molecule has 0 bridgehead atoms. The third-order valence-electron chi connectivity index (χ3n) is 9.23. The quantitative estimate of drug-likeness (QED) is 0.0295. The number of fused-ring (bicyclic) bond motifs is 2. The molecule has 0 spiro atoms. The topological polar surface area (TPSA) is 127 Å². The zero-order valence-corrected chi connectivity index (χ0v) is 32.2. The summed E-state index contributed by atoms with van der Waals surface area (Å²) in [5.41, 5.74) is 11.3. The Balaban J connectivity index is 0.00000533. The molecule has 10 heteroatoms. The monoisotopic (exact) mass is 797 g/mol. The van der Waals surface area contributed by atoms with Crippen LogP contribution in [0.3, 0.4) is 0 Å². The maximum absolute atomic E-state index is 13.8. The van der Waals surface area contributed by atoms with Crippen molar-refractivity contribution < 1.29 is 29.0 Å². The maximum atomic E-state index is 13.8. The molecule has 4 aromatic rings. The molecule has 0 aliphatic heterocycles. The Labute approximate surface area is 348 Å². The van der Waals surface area contributed by atoms with Gasteiger partial charge in [-0.15, -0.1) is 0 Å². The Morgan fingerprint density at radius 3 is 1.50 bits per heavy atom. The van der Waals surface area contributed by atoms with Gasteiger partial charge in [0.2, 0.25) is 0 Å². The molecule has 4 N–H and O–H groups in total. The van der Waals surface area contributed by atoms with E-state index in [4.69, 9.17) is 19.4 Å². The minimum Gasteiger partial charge on any atom is -0.382 e. The Kier molecular flexibility index (Phi) is 21.7. The number of ketones is 2. The fourth-order valence-corrected chi connectivity index (χ4v) is 6.05. The van der Waals surface area contributed by atoms with Crippen molar-refractivity contribution in [3.63, 3.8) is 0 Å². The molecule has 316 valence electrons. The second-order valence-corrected chi connectivity index (χ2v) is 14.2. The summed E-state index contributed by atoms with van der Waals surface area (Å²) in [7, 11) is 0. The van der Waals surface area contributed by atoms with E-state index >= 15 is 0 Å². The average Bonchev–Trinajstić information content (AvgIpc) is 3.17. The van der Waals surface area contributed by atoms with Gasteiger partial charge in [0.25, 0.3) is 0 Å². The molecule has 1 aliphatic carbocycles. The van der Waals surface area contributed by atoms with Gasteiger partial charge in [-0.1, -0.05) is 115 Å². The van der Waals surface area contributed by atoms with Gasteiger partial charge in [0.15, 0.2) is 11.6 Å². The average molecular weight is 797 g/mol. The zero-order valence-electron chi connectivity index (χ0n) is 32.2. The second-order valence-electron chi connectivity index (χ2n) is 14.2. The molecule has 0 saturated heterocycles. The molecule has 0 saturated carbocycles. The van der Waals surface area contributed by atoms with Crippen LogP contribution in [0.5, 0.6) is 0 Å². The van der Waals surface area contributed by atoms with Crippen LogP contribution >= 0.6 is 0 Å². The van der Waals surface area contributed by atoms with Crippen LogP contribution in [0, 0.1) is 0 Å². The number of hydrogen-bond acceptors (Lipinski definition) is 10. The molecule has 1 aliphatic rings. The van der Waals surface area contributed by atoms with E-state index in [1.165, 1.54) is 0 Å². The Hall–Kier alpha value is -5.23. The van der Waals surface area contributed by atoms with E-state index in [2.05, 4.69) is 66.6 Å². The molecular weight excluding hydrogens is 729 g/mol. The highest BCUT2D eigenvalue weighted by atomic mass is 17.2. The van der Waals surface area contributed by atoms with Gasteiger partial charge >= 0.3 is 0 Å². The summed E-state index contributed by atoms with van der Waals surface area (Å²) >= 11 is 0. The zero-order chi connectivity index (χ0) is 39.5. The number of nitrogens with one attached hydrogen (secondary N) is 4. The molecule has 4 aromatic carbocycles. The third kappa shape index (κ3) is 12.9. The molecule has 0 heterocycles. The number of carbonyl (C=O) groups is 3. The summed E-state index contributed by atoms with van der Waals surface area (Å²) in [4.78, 5) is 52.3. The number of benzene rings is 4. The molecule has 58 heavy (non-hydrogen) atoms. The highest BCUT2D eigenvalue weighted by Gasteiger charge is 2.33. The number of hydrogen-bond donors (Lipinski definition) is 4. The lowest BCUT2D eigenvalue weighted by atomic mass is 9.82. The second kappa shape index (κ2) is 23.9. The lowest BCUT2D eigenvalue weighted by molar-refractivity contribution is -0.298. The minimum atomic E-state index is -0.443. The SMILES string of the molecule is C.C.C.C.C=C(C)c1cccc(C(C)(C)NCOOCCNc2cccc3c2C(=O)c2cccc(NCCONC(C)(C)c4cccc(C(=C)C)c4)c2C3=O)c1.C=O. The molecule has 0 fully saturated rings. The van der Waals surface area contributed by atoms with E-state index in [1.54, 1.807) is 30.3 Å². The van der Waals surface area contributed by atoms with Crippen molar-refractivity contribution in [3.8, 4) is 0 Å². The first-order chi connectivity index (χ1) is 25.8. The molecule has 0 radical (unpaired) electrons. The van der Waals surface area contributed by atoms with Crippen molar-refractivity contribution in [2.45, 2.75) is 82.3 Å². The van der Waals surface area contributed by atoms with Crippen molar-refractivity contribution in [1.29, 1.82) is 0 Å². The maximum Gasteiger partial charge on any atom is 0.196 e. The van der Waals surface area contributed by atoms with Crippen LogP contribution in [-0.4, -0.2) is 51.4 Å². The first-order valence-corrected chi connectivity index (χ1v) is 17.8. The van der Waals surface area contributed by atoms with Crippen molar-refractivity contribution in [2.75, 3.05) is 43.7 Å². The Morgan fingerprint density at radius 1 is 0.603 bits per heavy atom. The number of allylic oxidation sites excluding steroid dienone is 2. The Bertz CT molecular complexity index is 1990. The van der Waals surface area contributed by atoms with Crippen LogP contribution in [0.15, 0.2) is 98.1 Å². The van der Waals surface area contributed by atoms with Crippen molar-refractivity contribution >= 4 is 40.9 Å². The van der Waals surface area contributed by atoms with Crippen LogP contribution in [0.25, 0.3) is 11.1 Å². The largest absolute Gasteiger partial charge is 0.382 e. The van der Waals surface area contributed by atoms with E-state index < -0.39 is 5.54 Å². The number of anilines is 2. The van der Waals surface area contributed by atoms with Gasteiger partial charge < -0.3 is 15.4 Å². The van der Waals surface area contributed by atoms with E-state index in [0.717, 1.165) is 33.4 Å². The van der Waals surface area contributed by atoms with E-state index in [1.807, 2.05) is 70.9 Å². The Morgan fingerprint density at radius 2 is 1.03 bits per heavy atom. The third-order valence-corrected chi connectivity index (χ3v) is 9.23. The number of hydroxylamine groups is 1. The highest BCUT2D eigenvalue weighted by molar-refractivity contribution is 6.31. The van der Waals surface area contributed by atoms with Crippen molar-refractivity contribution in [1.82, 2.24) is 10.8 Å². The van der Waals surface area contributed by atoms with Crippen LogP contribution in [0.4, 0.5) is 11.4 Å². The first kappa shape index (κ1) is 52.8. The lowest BCUT2D eigenvalue weighted by Gasteiger charge is -2.27. The first-order valence-electron chi connectivity index (χ1n) is 17.8. The van der Waals surface area contributed by atoms with E-state index in [0.29, 0.717) is 53.3 Å². The fourth-order valence-electron chi connectivity index (χ4n) is 6.05. The summed E-state index contributed by atoms with van der Waals surface area (Å²) in [6, 6.07) is 27.0. The van der Waals surface area contributed by atoms with Gasteiger partial charge in [-0.25, -0.2) is 9.78 Å². The predicted molar refractivity (Wildman–Crippen MR) is 243 cm³/mol.